The maximum Gasteiger partial charge on any atom is 0.332 e. The van der Waals surface area contributed by atoms with Gasteiger partial charge in [-0.3, -0.25) is 23.5 Å². The lowest BCUT2D eigenvalue weighted by molar-refractivity contribution is 0.496. The van der Waals surface area contributed by atoms with Gasteiger partial charge >= 0.3 is 5.69 Å². The van der Waals surface area contributed by atoms with Crippen molar-refractivity contribution in [1.82, 2.24) is 23.7 Å². The van der Waals surface area contributed by atoms with Gasteiger partial charge in [0.05, 0.1) is 24.3 Å². The van der Waals surface area contributed by atoms with Crippen LogP contribution in [0.3, 0.4) is 0 Å². The Labute approximate surface area is 200 Å². The Hall–Kier alpha value is -3.97. The fourth-order valence-corrected chi connectivity index (χ4v) is 4.63. The summed E-state index contributed by atoms with van der Waals surface area (Å²) < 4.78 is 17.8. The lowest BCUT2D eigenvalue weighted by atomic mass is 10.1. The molecule has 180 valence electrons. The molecule has 1 fully saturated rings. The molecule has 3 aromatic heterocycles. The lowest BCUT2D eigenvalue weighted by Crippen LogP contribution is -2.44. The van der Waals surface area contributed by atoms with Crippen molar-refractivity contribution >= 4 is 28.0 Å². The van der Waals surface area contributed by atoms with Gasteiger partial charge < -0.3 is 10.6 Å². The maximum absolute atomic E-state index is 13.7. The predicted octanol–water partition coefficient (Wildman–Crippen LogP) is 1.58. The van der Waals surface area contributed by atoms with Gasteiger partial charge in [0, 0.05) is 31.6 Å². The quantitative estimate of drug-likeness (QED) is 0.450. The van der Waals surface area contributed by atoms with Crippen LogP contribution < -0.4 is 21.9 Å². The summed E-state index contributed by atoms with van der Waals surface area (Å²) in [6.45, 7) is 3.36. The van der Waals surface area contributed by atoms with E-state index in [0.29, 0.717) is 40.3 Å². The summed E-state index contributed by atoms with van der Waals surface area (Å²) in [6, 6.07) is 7.74. The molecule has 0 saturated carbocycles. The monoisotopic (exact) mass is 475 g/mol. The number of hydrogen-bond donors (Lipinski definition) is 1. The summed E-state index contributed by atoms with van der Waals surface area (Å²) in [6.07, 6.45) is 1.85. The van der Waals surface area contributed by atoms with E-state index in [0.717, 1.165) is 24.0 Å². The van der Waals surface area contributed by atoms with E-state index in [9.17, 15) is 14.0 Å². The summed E-state index contributed by atoms with van der Waals surface area (Å²) in [5.41, 5.74) is 6.97. The SMILES string of the molecule is CC#CCn1c(N2CCC[C@@H](N)C2)nc2c1c(=O)n(Cc1ccc3cc(F)ccc3n1)c(=O)n2C. The number of pyridine rings is 1. The van der Waals surface area contributed by atoms with Crippen LogP contribution >= 0.6 is 0 Å². The first-order valence-corrected chi connectivity index (χ1v) is 11.5. The second kappa shape index (κ2) is 9.00. The number of anilines is 1. The molecule has 1 saturated heterocycles. The molecule has 4 heterocycles. The molecule has 0 spiro atoms. The molecule has 1 aliphatic heterocycles. The molecule has 0 unspecified atom stereocenters. The summed E-state index contributed by atoms with van der Waals surface area (Å²) in [5, 5.41) is 0.644. The van der Waals surface area contributed by atoms with Crippen LogP contribution in [0.15, 0.2) is 39.9 Å². The van der Waals surface area contributed by atoms with Gasteiger partial charge in [-0.05, 0) is 44.0 Å². The Morgan fingerprint density at radius 3 is 2.77 bits per heavy atom. The molecule has 4 aromatic rings. The normalized spacial score (nSPS) is 16.0. The number of rotatable bonds is 4. The molecule has 1 aliphatic rings. The summed E-state index contributed by atoms with van der Waals surface area (Å²) in [4.78, 5) is 38.2. The minimum absolute atomic E-state index is 0.0159. The van der Waals surface area contributed by atoms with E-state index < -0.39 is 11.2 Å². The van der Waals surface area contributed by atoms with Crippen LogP contribution in [0.5, 0.6) is 0 Å². The van der Waals surface area contributed by atoms with E-state index in [-0.39, 0.29) is 24.9 Å². The number of nitrogens with zero attached hydrogens (tertiary/aromatic N) is 6. The number of nitrogens with two attached hydrogens (primary N) is 1. The molecule has 1 aromatic carbocycles. The highest BCUT2D eigenvalue weighted by Crippen LogP contribution is 2.23. The maximum atomic E-state index is 13.7. The van der Waals surface area contributed by atoms with Gasteiger partial charge in [-0.1, -0.05) is 12.0 Å². The Morgan fingerprint density at radius 2 is 2.00 bits per heavy atom. The van der Waals surface area contributed by atoms with Crippen molar-refractivity contribution in [1.29, 1.82) is 0 Å². The van der Waals surface area contributed by atoms with E-state index in [1.807, 2.05) is 0 Å². The van der Waals surface area contributed by atoms with Crippen LogP contribution in [0, 0.1) is 17.7 Å². The third kappa shape index (κ3) is 4.08. The summed E-state index contributed by atoms with van der Waals surface area (Å²) in [7, 11) is 1.60. The van der Waals surface area contributed by atoms with Crippen LogP contribution in [-0.4, -0.2) is 42.8 Å². The number of aromatic nitrogens is 5. The van der Waals surface area contributed by atoms with Gasteiger partial charge in [-0.15, -0.1) is 5.92 Å². The molecular formula is C25H26FN7O2. The molecular weight excluding hydrogens is 449 g/mol. The Kier molecular flexibility index (Phi) is 5.86. The number of benzene rings is 1. The molecule has 35 heavy (non-hydrogen) atoms. The molecule has 9 nitrogen and oxygen atoms in total. The number of hydrogen-bond acceptors (Lipinski definition) is 6. The highest BCUT2D eigenvalue weighted by Gasteiger charge is 2.26. The van der Waals surface area contributed by atoms with Crippen molar-refractivity contribution in [2.45, 2.75) is 38.9 Å². The molecule has 1 atom stereocenters. The fourth-order valence-electron chi connectivity index (χ4n) is 4.63. The van der Waals surface area contributed by atoms with Crippen LogP contribution in [0.4, 0.5) is 10.3 Å². The Balaban J connectivity index is 1.66. The smallest absolute Gasteiger partial charge is 0.332 e. The zero-order valence-electron chi connectivity index (χ0n) is 19.7. The third-order valence-electron chi connectivity index (χ3n) is 6.40. The average Bonchev–Trinajstić information content (AvgIpc) is 3.24. The molecule has 0 bridgehead atoms. The molecule has 5 rings (SSSR count). The van der Waals surface area contributed by atoms with Crippen molar-refractivity contribution in [3.63, 3.8) is 0 Å². The highest BCUT2D eigenvalue weighted by molar-refractivity contribution is 5.78. The minimum Gasteiger partial charge on any atom is -0.341 e. The van der Waals surface area contributed by atoms with Gasteiger partial charge in [-0.2, -0.15) is 4.98 Å². The number of imidazole rings is 1. The largest absolute Gasteiger partial charge is 0.341 e. The molecule has 0 radical (unpaired) electrons. The first kappa shape index (κ1) is 22.8. The van der Waals surface area contributed by atoms with Crippen molar-refractivity contribution < 1.29 is 4.39 Å². The standard InChI is InChI=1S/C25H26FN7O2/c1-3-4-12-32-21-22(29-24(32)31-11-5-6-18(27)14-31)30(2)25(35)33(23(21)34)15-19-9-7-16-13-17(26)8-10-20(16)28-19/h7-10,13,18H,5-6,11-12,14-15,27H2,1-2H3/t18-/m1/s1. The van der Waals surface area contributed by atoms with Crippen LogP contribution in [-0.2, 0) is 20.1 Å². The van der Waals surface area contributed by atoms with Gasteiger partial charge in [0.15, 0.2) is 11.2 Å². The summed E-state index contributed by atoms with van der Waals surface area (Å²) in [5.74, 6) is 6.14. The van der Waals surface area contributed by atoms with Gasteiger partial charge in [-0.25, -0.2) is 9.18 Å². The number of fused-ring (bicyclic) bond motifs is 2. The zero-order chi connectivity index (χ0) is 24.7. The van der Waals surface area contributed by atoms with Crippen molar-refractivity contribution in [2.24, 2.45) is 12.8 Å². The van der Waals surface area contributed by atoms with Crippen molar-refractivity contribution in [3.8, 4) is 11.8 Å². The van der Waals surface area contributed by atoms with Gasteiger partial charge in [0.1, 0.15) is 5.82 Å². The lowest BCUT2D eigenvalue weighted by Gasteiger charge is -2.31. The van der Waals surface area contributed by atoms with Gasteiger partial charge in [0.25, 0.3) is 5.56 Å². The fraction of sp³-hybridized carbons (Fsp3) is 0.360. The first-order chi connectivity index (χ1) is 16.9. The average molecular weight is 476 g/mol. The summed E-state index contributed by atoms with van der Waals surface area (Å²) >= 11 is 0. The van der Waals surface area contributed by atoms with E-state index in [2.05, 4.69) is 21.7 Å². The first-order valence-electron chi connectivity index (χ1n) is 11.5. The van der Waals surface area contributed by atoms with Crippen LogP contribution in [0.25, 0.3) is 22.1 Å². The zero-order valence-corrected chi connectivity index (χ0v) is 19.7. The number of aryl methyl sites for hydroxylation is 1. The molecule has 0 amide bonds. The molecule has 0 aliphatic carbocycles. The van der Waals surface area contributed by atoms with Crippen molar-refractivity contribution in [3.05, 3.63) is 62.7 Å². The van der Waals surface area contributed by atoms with Gasteiger partial charge in [0.2, 0.25) is 5.95 Å². The second-order valence-electron chi connectivity index (χ2n) is 8.82. The van der Waals surface area contributed by atoms with Crippen molar-refractivity contribution in [2.75, 3.05) is 18.0 Å². The molecule has 10 heteroatoms. The van der Waals surface area contributed by atoms with Crippen LogP contribution in [0.2, 0.25) is 0 Å². The van der Waals surface area contributed by atoms with E-state index >= 15 is 0 Å². The highest BCUT2D eigenvalue weighted by atomic mass is 19.1. The number of piperidine rings is 1. The third-order valence-corrected chi connectivity index (χ3v) is 6.40. The van der Waals surface area contributed by atoms with E-state index in [4.69, 9.17) is 10.7 Å². The Morgan fingerprint density at radius 1 is 1.17 bits per heavy atom. The minimum atomic E-state index is -0.489. The topological polar surface area (TPSA) is 104 Å². The Bertz CT molecular complexity index is 1620. The van der Waals surface area contributed by atoms with Crippen LogP contribution in [0.1, 0.15) is 25.5 Å². The predicted molar refractivity (Wildman–Crippen MR) is 133 cm³/mol. The van der Waals surface area contributed by atoms with E-state index in [1.165, 1.54) is 16.7 Å². The van der Waals surface area contributed by atoms with E-state index in [1.54, 1.807) is 36.7 Å². The second-order valence-corrected chi connectivity index (χ2v) is 8.82. The molecule has 2 N–H and O–H groups in total. The number of halogens is 1.